The average molecular weight is 256 g/mol. The second-order valence-corrected chi connectivity index (χ2v) is 5.54. The molecule has 1 aliphatic carbocycles. The fraction of sp³-hybridized carbons (Fsp3) is 0.929. The zero-order chi connectivity index (χ0) is 13.6. The highest BCUT2D eigenvalue weighted by Crippen LogP contribution is 2.28. The quantitative estimate of drug-likeness (QED) is 0.760. The highest BCUT2D eigenvalue weighted by molar-refractivity contribution is 5.84. The summed E-state index contributed by atoms with van der Waals surface area (Å²) in [6.07, 6.45) is 5.59. The third-order valence-electron chi connectivity index (χ3n) is 4.50. The number of amides is 1. The second kappa shape index (κ2) is 7.10. The average Bonchev–Trinajstić information content (AvgIpc) is 2.43. The molecule has 1 amide bonds. The van der Waals surface area contributed by atoms with E-state index in [1.165, 1.54) is 25.7 Å². The maximum absolute atomic E-state index is 12.1. The van der Waals surface area contributed by atoms with Gasteiger partial charge in [-0.15, -0.1) is 0 Å². The van der Waals surface area contributed by atoms with Crippen LogP contribution in [0.4, 0.5) is 0 Å². The zero-order valence-electron chi connectivity index (χ0n) is 12.0. The largest absolute Gasteiger partial charge is 0.369 e. The van der Waals surface area contributed by atoms with E-state index in [1.54, 1.807) is 7.11 Å². The predicted molar refractivity (Wildman–Crippen MR) is 73.2 cm³/mol. The van der Waals surface area contributed by atoms with Crippen molar-refractivity contribution in [1.82, 2.24) is 5.32 Å². The minimum Gasteiger partial charge on any atom is -0.369 e. The van der Waals surface area contributed by atoms with Gasteiger partial charge in [-0.2, -0.15) is 0 Å². The Morgan fingerprint density at radius 3 is 2.50 bits per heavy atom. The van der Waals surface area contributed by atoms with E-state index in [0.717, 1.165) is 13.1 Å². The maximum atomic E-state index is 12.1. The highest BCUT2D eigenvalue weighted by Gasteiger charge is 2.32. The smallest absolute Gasteiger partial charge is 0.251 e. The summed E-state index contributed by atoms with van der Waals surface area (Å²) in [7, 11) is 1.59. The maximum Gasteiger partial charge on any atom is 0.251 e. The van der Waals surface area contributed by atoms with E-state index in [4.69, 9.17) is 10.5 Å². The van der Waals surface area contributed by atoms with Crippen LogP contribution in [0.2, 0.25) is 0 Å². The van der Waals surface area contributed by atoms with Crippen LogP contribution >= 0.6 is 0 Å². The molecule has 4 heteroatoms. The summed E-state index contributed by atoms with van der Waals surface area (Å²) in [6.45, 7) is 5.27. The molecule has 0 aliphatic heterocycles. The van der Waals surface area contributed by atoms with Gasteiger partial charge in [0.05, 0.1) is 0 Å². The first kappa shape index (κ1) is 15.4. The minimum atomic E-state index is -0.702. The Bertz CT molecular complexity index is 265. The van der Waals surface area contributed by atoms with E-state index >= 15 is 0 Å². The fourth-order valence-electron chi connectivity index (χ4n) is 2.67. The first-order chi connectivity index (χ1) is 8.57. The van der Waals surface area contributed by atoms with Gasteiger partial charge in [-0.05, 0) is 44.6 Å². The van der Waals surface area contributed by atoms with Crippen LogP contribution in [0.5, 0.6) is 0 Å². The molecule has 1 saturated carbocycles. The van der Waals surface area contributed by atoms with Gasteiger partial charge in [-0.3, -0.25) is 4.79 Å². The number of nitrogens with one attached hydrogen (secondary N) is 1. The van der Waals surface area contributed by atoms with Crippen molar-refractivity contribution in [2.24, 2.45) is 17.6 Å². The Hall–Kier alpha value is -0.610. The van der Waals surface area contributed by atoms with Gasteiger partial charge in [0.15, 0.2) is 0 Å². The topological polar surface area (TPSA) is 64.3 Å². The highest BCUT2D eigenvalue weighted by atomic mass is 16.5. The van der Waals surface area contributed by atoms with Gasteiger partial charge < -0.3 is 15.8 Å². The summed E-state index contributed by atoms with van der Waals surface area (Å²) in [6, 6.07) is 0. The molecule has 0 aromatic carbocycles. The summed E-state index contributed by atoms with van der Waals surface area (Å²) in [5.41, 5.74) is 5.10. The molecule has 0 spiro atoms. The lowest BCUT2D eigenvalue weighted by Gasteiger charge is -2.32. The van der Waals surface area contributed by atoms with Gasteiger partial charge in [0.1, 0.15) is 5.60 Å². The van der Waals surface area contributed by atoms with Gasteiger partial charge in [-0.25, -0.2) is 0 Å². The summed E-state index contributed by atoms with van der Waals surface area (Å²) in [5.74, 6) is 1.09. The van der Waals surface area contributed by atoms with Crippen molar-refractivity contribution >= 4 is 5.91 Å². The molecule has 0 aromatic rings. The molecule has 0 aromatic heterocycles. The summed E-state index contributed by atoms with van der Waals surface area (Å²) >= 11 is 0. The van der Waals surface area contributed by atoms with Crippen molar-refractivity contribution < 1.29 is 9.53 Å². The molecule has 106 valence electrons. The van der Waals surface area contributed by atoms with E-state index < -0.39 is 5.60 Å². The number of methoxy groups -OCH3 is 1. The summed E-state index contributed by atoms with van der Waals surface area (Å²) in [4.78, 5) is 12.1. The Labute approximate surface area is 111 Å². The Balaban J connectivity index is 2.46. The Morgan fingerprint density at radius 1 is 1.39 bits per heavy atom. The van der Waals surface area contributed by atoms with Gasteiger partial charge in [0.25, 0.3) is 5.91 Å². The molecule has 1 aliphatic rings. The molecule has 1 rings (SSSR count). The predicted octanol–water partition coefficient (Wildman–Crippen LogP) is 1.68. The number of nitrogens with two attached hydrogens (primary N) is 1. The van der Waals surface area contributed by atoms with E-state index in [1.807, 2.05) is 13.8 Å². The van der Waals surface area contributed by atoms with Gasteiger partial charge in [0.2, 0.25) is 0 Å². The van der Waals surface area contributed by atoms with Gasteiger partial charge in [0, 0.05) is 13.7 Å². The van der Waals surface area contributed by atoms with Crippen LogP contribution in [-0.4, -0.2) is 31.7 Å². The minimum absolute atomic E-state index is 0.00570. The first-order valence-electron chi connectivity index (χ1n) is 7.11. The summed E-state index contributed by atoms with van der Waals surface area (Å²) in [5, 5.41) is 3.04. The molecular formula is C14H28N2O2. The van der Waals surface area contributed by atoms with E-state index in [0.29, 0.717) is 18.3 Å². The molecule has 3 unspecified atom stereocenters. The molecular weight excluding hydrogens is 228 g/mol. The molecule has 4 nitrogen and oxygen atoms in total. The third kappa shape index (κ3) is 3.69. The van der Waals surface area contributed by atoms with Crippen molar-refractivity contribution in [1.29, 1.82) is 0 Å². The molecule has 3 atom stereocenters. The van der Waals surface area contributed by atoms with Crippen molar-refractivity contribution in [2.75, 3.05) is 20.2 Å². The van der Waals surface area contributed by atoms with Crippen molar-refractivity contribution in [3.8, 4) is 0 Å². The molecule has 18 heavy (non-hydrogen) atoms. The standard InChI is InChI=1S/C14H28N2O2/c1-4-14(2,18-3)13(17)16-10-12-8-6-5-7-11(12)9-15/h11-12H,4-10,15H2,1-3H3,(H,16,17). The van der Waals surface area contributed by atoms with Crippen molar-refractivity contribution in [2.45, 2.75) is 51.6 Å². The number of rotatable bonds is 6. The van der Waals surface area contributed by atoms with Crippen LogP contribution in [0, 0.1) is 11.8 Å². The SMILES string of the molecule is CCC(C)(OC)C(=O)NCC1CCCCC1CN. The lowest BCUT2D eigenvalue weighted by atomic mass is 9.79. The molecule has 0 heterocycles. The number of hydrogen-bond acceptors (Lipinski definition) is 3. The van der Waals surface area contributed by atoms with E-state index in [-0.39, 0.29) is 5.91 Å². The van der Waals surface area contributed by atoms with Crippen molar-refractivity contribution in [3.63, 3.8) is 0 Å². The van der Waals surface area contributed by atoms with Crippen LogP contribution in [0.15, 0.2) is 0 Å². The van der Waals surface area contributed by atoms with E-state index in [9.17, 15) is 4.79 Å². The van der Waals surface area contributed by atoms with Gasteiger partial charge >= 0.3 is 0 Å². The Morgan fingerprint density at radius 2 is 2.00 bits per heavy atom. The number of carbonyl (C=O) groups is 1. The normalized spacial score (nSPS) is 27.6. The fourth-order valence-corrected chi connectivity index (χ4v) is 2.67. The van der Waals surface area contributed by atoms with Crippen LogP contribution in [0.3, 0.4) is 0 Å². The number of hydrogen-bond donors (Lipinski definition) is 2. The third-order valence-corrected chi connectivity index (χ3v) is 4.50. The lowest BCUT2D eigenvalue weighted by molar-refractivity contribution is -0.142. The molecule has 1 fully saturated rings. The monoisotopic (exact) mass is 256 g/mol. The first-order valence-corrected chi connectivity index (χ1v) is 7.11. The van der Waals surface area contributed by atoms with Crippen LogP contribution in [0.25, 0.3) is 0 Å². The van der Waals surface area contributed by atoms with Crippen LogP contribution < -0.4 is 11.1 Å². The molecule has 0 radical (unpaired) electrons. The van der Waals surface area contributed by atoms with E-state index in [2.05, 4.69) is 5.32 Å². The number of carbonyl (C=O) groups excluding carboxylic acids is 1. The molecule has 0 saturated heterocycles. The van der Waals surface area contributed by atoms with Crippen LogP contribution in [-0.2, 0) is 9.53 Å². The Kier molecular flexibility index (Phi) is 6.09. The zero-order valence-corrected chi connectivity index (χ0v) is 12.0. The number of ether oxygens (including phenoxy) is 1. The second-order valence-electron chi connectivity index (χ2n) is 5.54. The molecule has 0 bridgehead atoms. The lowest BCUT2D eigenvalue weighted by Crippen LogP contribution is -2.48. The molecule has 3 N–H and O–H groups in total. The van der Waals surface area contributed by atoms with Crippen LogP contribution in [0.1, 0.15) is 46.0 Å². The summed E-state index contributed by atoms with van der Waals surface area (Å²) < 4.78 is 5.31. The van der Waals surface area contributed by atoms with Gasteiger partial charge in [-0.1, -0.05) is 19.8 Å². The van der Waals surface area contributed by atoms with Crippen molar-refractivity contribution in [3.05, 3.63) is 0 Å².